The highest BCUT2D eigenvalue weighted by Gasteiger charge is 2.30. The molecule has 0 unspecified atom stereocenters. The van der Waals surface area contributed by atoms with E-state index in [1.807, 2.05) is 11.8 Å². The molecule has 2 fully saturated rings. The maximum atomic E-state index is 14.9. The standard InChI is InChI=1S/C28H34FN5O4/c1-4-33-26-25(27(36)34(5-2)28(33)37)31(3)23(30-26)11-9-18-8-10-22(21(29)16-18)38-20-12-14-32(15-13-20)24(35)17-19-6-7-19/h8-11,16,19-20H,4-7,12-15,17H2,1-3H3/b11-9+. The normalized spacial score (nSPS) is 16.6. The predicted octanol–water partition coefficient (Wildman–Crippen LogP) is 3.42. The van der Waals surface area contributed by atoms with Crippen LogP contribution in [0.1, 0.15) is 57.3 Å². The number of aryl methyl sites for hydroxylation is 2. The molecular weight excluding hydrogens is 489 g/mol. The lowest BCUT2D eigenvalue weighted by Crippen LogP contribution is -2.41. The molecule has 0 bridgehead atoms. The van der Waals surface area contributed by atoms with Gasteiger partial charge in [0, 0.05) is 52.5 Å². The molecule has 0 radical (unpaired) electrons. The number of piperidine rings is 1. The quantitative estimate of drug-likeness (QED) is 0.451. The Morgan fingerprint density at radius 3 is 2.42 bits per heavy atom. The molecule has 2 aromatic heterocycles. The molecule has 2 aliphatic rings. The fourth-order valence-corrected chi connectivity index (χ4v) is 5.08. The second-order valence-electron chi connectivity index (χ2n) is 10.1. The fourth-order valence-electron chi connectivity index (χ4n) is 5.08. The van der Waals surface area contributed by atoms with E-state index < -0.39 is 5.82 Å². The number of hydrogen-bond donors (Lipinski definition) is 0. The molecule has 1 saturated carbocycles. The van der Waals surface area contributed by atoms with Crippen molar-refractivity contribution in [1.29, 1.82) is 0 Å². The number of imidazole rings is 1. The summed E-state index contributed by atoms with van der Waals surface area (Å²) in [5.41, 5.74) is 0.542. The Labute approximate surface area is 220 Å². The Kier molecular flexibility index (Phi) is 7.23. The summed E-state index contributed by atoms with van der Waals surface area (Å²) in [4.78, 5) is 44.3. The van der Waals surface area contributed by atoms with E-state index in [1.54, 1.807) is 42.8 Å². The Bertz CT molecular complexity index is 1510. The first kappa shape index (κ1) is 25.9. The first-order valence-electron chi connectivity index (χ1n) is 13.4. The third kappa shape index (κ3) is 5.04. The van der Waals surface area contributed by atoms with Gasteiger partial charge in [-0.2, -0.15) is 0 Å². The number of fused-ring (bicyclic) bond motifs is 1. The van der Waals surface area contributed by atoms with E-state index in [2.05, 4.69) is 4.98 Å². The van der Waals surface area contributed by atoms with E-state index in [4.69, 9.17) is 4.74 Å². The highest BCUT2D eigenvalue weighted by Crippen LogP contribution is 2.33. The number of carbonyl (C=O) groups is 1. The van der Waals surface area contributed by atoms with Crippen LogP contribution in [0, 0.1) is 11.7 Å². The zero-order valence-electron chi connectivity index (χ0n) is 22.2. The van der Waals surface area contributed by atoms with Crippen molar-refractivity contribution in [2.45, 2.75) is 65.1 Å². The average Bonchev–Trinajstić information content (AvgIpc) is 3.66. The molecule has 1 saturated heterocycles. The van der Waals surface area contributed by atoms with Crippen LogP contribution in [-0.4, -0.2) is 48.7 Å². The molecule has 202 valence electrons. The number of ether oxygens (including phenoxy) is 1. The van der Waals surface area contributed by atoms with Crippen molar-refractivity contribution < 1.29 is 13.9 Å². The van der Waals surface area contributed by atoms with Crippen molar-refractivity contribution in [2.75, 3.05) is 13.1 Å². The highest BCUT2D eigenvalue weighted by molar-refractivity contribution is 5.77. The summed E-state index contributed by atoms with van der Waals surface area (Å²) in [5, 5.41) is 0. The van der Waals surface area contributed by atoms with Gasteiger partial charge in [0.15, 0.2) is 22.7 Å². The summed E-state index contributed by atoms with van der Waals surface area (Å²) >= 11 is 0. The summed E-state index contributed by atoms with van der Waals surface area (Å²) < 4.78 is 25.2. The van der Waals surface area contributed by atoms with Crippen LogP contribution in [-0.2, 0) is 24.9 Å². The predicted molar refractivity (Wildman–Crippen MR) is 143 cm³/mol. The fraction of sp³-hybridized carbons (Fsp3) is 0.500. The van der Waals surface area contributed by atoms with Crippen LogP contribution in [0.5, 0.6) is 5.75 Å². The summed E-state index contributed by atoms with van der Waals surface area (Å²) in [6, 6.07) is 4.77. The van der Waals surface area contributed by atoms with Crippen molar-refractivity contribution in [3.63, 3.8) is 0 Å². The number of aromatic nitrogens is 4. The lowest BCUT2D eigenvalue weighted by molar-refractivity contribution is -0.133. The summed E-state index contributed by atoms with van der Waals surface area (Å²) in [5.74, 6) is 1.01. The van der Waals surface area contributed by atoms with Crippen LogP contribution in [0.15, 0.2) is 27.8 Å². The number of amides is 1. The van der Waals surface area contributed by atoms with Gasteiger partial charge in [0.05, 0.1) is 0 Å². The Morgan fingerprint density at radius 1 is 1.08 bits per heavy atom. The van der Waals surface area contributed by atoms with Crippen molar-refractivity contribution in [2.24, 2.45) is 13.0 Å². The number of rotatable bonds is 8. The number of nitrogens with zero attached hydrogens (tertiary/aromatic N) is 5. The smallest absolute Gasteiger partial charge is 0.332 e. The van der Waals surface area contributed by atoms with E-state index in [-0.39, 0.29) is 35.6 Å². The van der Waals surface area contributed by atoms with Crippen molar-refractivity contribution in [3.8, 4) is 5.75 Å². The van der Waals surface area contributed by atoms with E-state index in [0.29, 0.717) is 67.4 Å². The number of benzene rings is 1. The maximum Gasteiger partial charge on any atom is 0.332 e. The molecule has 38 heavy (non-hydrogen) atoms. The number of hydrogen-bond acceptors (Lipinski definition) is 5. The molecule has 3 aromatic rings. The van der Waals surface area contributed by atoms with Crippen molar-refractivity contribution >= 4 is 29.2 Å². The number of likely N-dealkylation sites (tertiary alicyclic amines) is 1. The first-order chi connectivity index (χ1) is 18.3. The van der Waals surface area contributed by atoms with Gasteiger partial charge in [-0.1, -0.05) is 12.1 Å². The summed E-state index contributed by atoms with van der Waals surface area (Å²) in [6.45, 7) is 5.54. The molecular formula is C28H34FN5O4. The van der Waals surface area contributed by atoms with Crippen LogP contribution < -0.4 is 16.0 Å². The van der Waals surface area contributed by atoms with Gasteiger partial charge in [0.25, 0.3) is 5.56 Å². The monoisotopic (exact) mass is 523 g/mol. The maximum absolute atomic E-state index is 14.9. The Hall–Kier alpha value is -3.69. The average molecular weight is 524 g/mol. The van der Waals surface area contributed by atoms with Crippen LogP contribution in [0.3, 0.4) is 0 Å². The minimum atomic E-state index is -0.463. The Balaban J connectivity index is 1.28. The third-order valence-electron chi connectivity index (χ3n) is 7.54. The molecule has 0 spiro atoms. The van der Waals surface area contributed by atoms with Gasteiger partial charge in [0.2, 0.25) is 5.91 Å². The molecule has 5 rings (SSSR count). The minimum absolute atomic E-state index is 0.126. The lowest BCUT2D eigenvalue weighted by Gasteiger charge is -2.32. The largest absolute Gasteiger partial charge is 0.487 e. The van der Waals surface area contributed by atoms with Gasteiger partial charge >= 0.3 is 5.69 Å². The van der Waals surface area contributed by atoms with Gasteiger partial charge in [-0.3, -0.25) is 18.7 Å². The highest BCUT2D eigenvalue weighted by atomic mass is 19.1. The minimum Gasteiger partial charge on any atom is -0.487 e. The molecule has 1 amide bonds. The van der Waals surface area contributed by atoms with E-state index >= 15 is 0 Å². The van der Waals surface area contributed by atoms with Crippen LogP contribution in [0.2, 0.25) is 0 Å². The summed E-state index contributed by atoms with van der Waals surface area (Å²) in [6.07, 6.45) is 7.64. The van der Waals surface area contributed by atoms with Crippen molar-refractivity contribution in [1.82, 2.24) is 23.6 Å². The molecule has 1 aliphatic heterocycles. The molecule has 1 aromatic carbocycles. The molecule has 0 N–H and O–H groups in total. The van der Waals surface area contributed by atoms with Crippen molar-refractivity contribution in [3.05, 3.63) is 56.2 Å². The van der Waals surface area contributed by atoms with Crippen LogP contribution >= 0.6 is 0 Å². The molecule has 0 atom stereocenters. The van der Waals surface area contributed by atoms with Gasteiger partial charge in [-0.15, -0.1) is 0 Å². The molecule has 10 heteroatoms. The van der Waals surface area contributed by atoms with Gasteiger partial charge < -0.3 is 14.2 Å². The van der Waals surface area contributed by atoms with Gasteiger partial charge in [-0.05, 0) is 56.4 Å². The van der Waals surface area contributed by atoms with E-state index in [9.17, 15) is 18.8 Å². The molecule has 9 nitrogen and oxygen atoms in total. The zero-order valence-corrected chi connectivity index (χ0v) is 22.2. The van der Waals surface area contributed by atoms with Gasteiger partial charge in [0.1, 0.15) is 11.9 Å². The summed E-state index contributed by atoms with van der Waals surface area (Å²) in [7, 11) is 1.73. The van der Waals surface area contributed by atoms with Crippen LogP contribution in [0.4, 0.5) is 4.39 Å². The van der Waals surface area contributed by atoms with E-state index in [1.165, 1.54) is 15.2 Å². The topological polar surface area (TPSA) is 91.4 Å². The van der Waals surface area contributed by atoms with Crippen LogP contribution in [0.25, 0.3) is 23.3 Å². The lowest BCUT2D eigenvalue weighted by atomic mass is 10.1. The Morgan fingerprint density at radius 2 is 1.79 bits per heavy atom. The second kappa shape index (κ2) is 10.6. The molecule has 3 heterocycles. The SMILES string of the molecule is CCn1c(=O)c2c(nc(/C=C/c3ccc(OC4CCN(C(=O)CC5CC5)CC4)c(F)c3)n2C)n(CC)c1=O. The second-order valence-corrected chi connectivity index (χ2v) is 10.1. The number of halogens is 1. The zero-order chi connectivity index (χ0) is 27.0. The number of carbonyl (C=O) groups excluding carboxylic acids is 1. The van der Waals surface area contributed by atoms with Gasteiger partial charge in [-0.25, -0.2) is 14.2 Å². The molecule has 1 aliphatic carbocycles. The first-order valence-corrected chi connectivity index (χ1v) is 13.4. The third-order valence-corrected chi connectivity index (χ3v) is 7.54. The van der Waals surface area contributed by atoms with E-state index in [0.717, 1.165) is 12.8 Å².